The number of carboxylic acids is 1. The molecular formula is C28H31ClFN7O7S2. The molecule has 2 amide bonds. The van der Waals surface area contributed by atoms with Gasteiger partial charge in [0, 0.05) is 73.2 Å². The molecule has 18 heteroatoms. The second-order valence-electron chi connectivity index (χ2n) is 11.5. The van der Waals surface area contributed by atoms with Crippen LogP contribution in [0.25, 0.3) is 0 Å². The van der Waals surface area contributed by atoms with E-state index in [0.29, 0.717) is 48.3 Å². The molecule has 0 aliphatic carbocycles. The van der Waals surface area contributed by atoms with E-state index in [4.69, 9.17) is 21.3 Å². The fourth-order valence-corrected chi connectivity index (χ4v) is 8.48. The number of thiazole rings is 1. The molecule has 2 N–H and O–H groups in total. The maximum absolute atomic E-state index is 14.0. The number of hydrogen-bond acceptors (Lipinski definition) is 11. The van der Waals surface area contributed by atoms with Crippen molar-refractivity contribution in [1.29, 1.82) is 0 Å². The van der Waals surface area contributed by atoms with E-state index in [2.05, 4.69) is 15.2 Å². The summed E-state index contributed by atoms with van der Waals surface area (Å²) in [6.07, 6.45) is 2.60. The number of fused-ring (bicyclic) bond motifs is 1. The summed E-state index contributed by atoms with van der Waals surface area (Å²) in [6.45, 7) is 1.70. The second-order valence-corrected chi connectivity index (χ2v) is 14.7. The molecule has 3 fully saturated rings. The predicted octanol–water partition coefficient (Wildman–Crippen LogP) is 1.36. The fourth-order valence-electron chi connectivity index (χ4n) is 6.54. The number of carboxylic acid groups (broad SMARTS) is 1. The number of urea groups is 1. The van der Waals surface area contributed by atoms with Gasteiger partial charge in [-0.25, -0.2) is 27.4 Å². The number of aliphatic carboxylic acids is 1. The molecule has 1 aromatic carbocycles. The van der Waals surface area contributed by atoms with Crippen molar-refractivity contribution in [1.82, 2.24) is 29.3 Å². The number of amidine groups is 1. The van der Waals surface area contributed by atoms with Crippen molar-refractivity contribution < 1.29 is 37.0 Å². The highest BCUT2D eigenvalue weighted by molar-refractivity contribution is 7.88. The quantitative estimate of drug-likeness (QED) is 0.386. The zero-order chi connectivity index (χ0) is 32.9. The number of amides is 2. The average Bonchev–Trinajstić information content (AvgIpc) is 3.76. The van der Waals surface area contributed by atoms with Crippen molar-refractivity contribution in [3.8, 4) is 0 Å². The van der Waals surface area contributed by atoms with Gasteiger partial charge in [-0.3, -0.25) is 14.7 Å². The summed E-state index contributed by atoms with van der Waals surface area (Å²) in [7, 11) is -2.53. The number of carbonyl (C=O) groups is 3. The van der Waals surface area contributed by atoms with Crippen molar-refractivity contribution in [2.24, 2.45) is 4.99 Å². The molecule has 0 saturated carbocycles. The molecule has 5 heterocycles. The van der Waals surface area contributed by atoms with Gasteiger partial charge in [0.2, 0.25) is 10.0 Å². The molecule has 46 heavy (non-hydrogen) atoms. The zero-order valence-corrected chi connectivity index (χ0v) is 27.2. The first-order valence-corrected chi connectivity index (χ1v) is 17.5. The maximum atomic E-state index is 14.0. The molecule has 6 rings (SSSR count). The minimum Gasteiger partial charge on any atom is -0.480 e. The Kier molecular flexibility index (Phi) is 8.79. The van der Waals surface area contributed by atoms with Crippen molar-refractivity contribution in [3.63, 3.8) is 0 Å². The van der Waals surface area contributed by atoms with E-state index in [0.717, 1.165) is 16.6 Å². The maximum Gasteiger partial charge on any atom is 0.338 e. The standard InChI is InChI=1S/C28H31ClFN7O7S2/c1-44-27(40)22-20(32-24(25-31-5-8-45-25)33-23(22)18-4-3-15(30)9-19(18)29)14-34-6-7-35-17(11-34)12-36(28(35)41)16-10-21(26(38)39)37(13-16)46(2,42)43/h3-5,8-9,16-17,21,23H,6-7,10-14H2,1-2H3,(H,32,33)(H,38,39)/t16-,17-,21+,23-/m0/s1. The van der Waals surface area contributed by atoms with Crippen LogP contribution >= 0.6 is 22.9 Å². The number of piperazine rings is 1. The average molecular weight is 696 g/mol. The number of benzene rings is 1. The Morgan fingerprint density at radius 3 is 2.61 bits per heavy atom. The van der Waals surface area contributed by atoms with Crippen LogP contribution in [-0.4, -0.2) is 132 Å². The Hall–Kier alpha value is -3.64. The summed E-state index contributed by atoms with van der Waals surface area (Å²) in [5.41, 5.74) is 1.11. The number of ether oxygens (including phenoxy) is 1. The molecule has 4 aliphatic rings. The van der Waals surface area contributed by atoms with Crippen LogP contribution in [0, 0.1) is 5.82 Å². The highest BCUT2D eigenvalue weighted by Crippen LogP contribution is 2.37. The van der Waals surface area contributed by atoms with E-state index in [1.54, 1.807) is 21.4 Å². The highest BCUT2D eigenvalue weighted by atomic mass is 35.5. The van der Waals surface area contributed by atoms with Gasteiger partial charge in [-0.2, -0.15) is 4.31 Å². The lowest BCUT2D eigenvalue weighted by atomic mass is 9.95. The number of hydrogen-bond donors (Lipinski definition) is 2. The van der Waals surface area contributed by atoms with E-state index in [-0.39, 0.29) is 42.2 Å². The molecule has 3 saturated heterocycles. The SMILES string of the molecule is COC(=O)C1=C(CN2CCN3C(=O)N([C@H]4C[C@H](C(=O)O)N(S(C)(=O)=O)C4)C[C@@H]3C2)NC(c2nccs2)=N[C@H]1c1ccc(F)cc1Cl. The number of carbonyl (C=O) groups excluding carboxylic acids is 2. The number of aromatic nitrogens is 1. The molecule has 4 aliphatic heterocycles. The molecule has 0 bridgehead atoms. The molecule has 0 unspecified atom stereocenters. The third-order valence-corrected chi connectivity index (χ3v) is 11.0. The van der Waals surface area contributed by atoms with Crippen LogP contribution in [0.3, 0.4) is 0 Å². The number of methoxy groups -OCH3 is 1. The second kappa shape index (κ2) is 12.5. The number of rotatable bonds is 8. The van der Waals surface area contributed by atoms with Crippen LogP contribution in [0.15, 0.2) is 46.0 Å². The fraction of sp³-hybridized carbons (Fsp3) is 0.464. The molecule has 0 radical (unpaired) electrons. The van der Waals surface area contributed by atoms with E-state index in [9.17, 15) is 32.3 Å². The van der Waals surface area contributed by atoms with Gasteiger partial charge in [0.05, 0.1) is 25.0 Å². The first kappa shape index (κ1) is 32.3. The molecule has 1 aromatic heterocycles. The van der Waals surface area contributed by atoms with E-state index < -0.39 is 45.9 Å². The van der Waals surface area contributed by atoms with Crippen LogP contribution in [-0.2, 0) is 24.3 Å². The monoisotopic (exact) mass is 695 g/mol. The van der Waals surface area contributed by atoms with Gasteiger partial charge in [-0.1, -0.05) is 17.7 Å². The number of aliphatic imine (C=N–C) groups is 1. The Labute approximate surface area is 273 Å². The minimum absolute atomic E-state index is 0.00388. The van der Waals surface area contributed by atoms with Crippen molar-refractivity contribution in [2.45, 2.75) is 30.6 Å². The van der Waals surface area contributed by atoms with Crippen molar-refractivity contribution in [2.75, 3.05) is 52.6 Å². The molecule has 2 aromatic rings. The third kappa shape index (κ3) is 6.09. The van der Waals surface area contributed by atoms with Crippen molar-refractivity contribution >= 4 is 56.8 Å². The zero-order valence-electron chi connectivity index (χ0n) is 24.8. The Morgan fingerprint density at radius 1 is 1.20 bits per heavy atom. The van der Waals surface area contributed by atoms with Gasteiger partial charge in [0.25, 0.3) is 0 Å². The third-order valence-electron chi connectivity index (χ3n) is 8.66. The summed E-state index contributed by atoms with van der Waals surface area (Å²) >= 11 is 7.80. The Balaban J connectivity index is 1.26. The topological polar surface area (TPSA) is 165 Å². The number of halogens is 2. The molecular weight excluding hydrogens is 665 g/mol. The summed E-state index contributed by atoms with van der Waals surface area (Å²) < 4.78 is 44.6. The predicted molar refractivity (Wildman–Crippen MR) is 165 cm³/mol. The first-order valence-electron chi connectivity index (χ1n) is 14.4. The van der Waals surface area contributed by atoms with Crippen LogP contribution in [0.2, 0.25) is 5.02 Å². The largest absolute Gasteiger partial charge is 0.480 e. The van der Waals surface area contributed by atoms with Gasteiger partial charge in [0.1, 0.15) is 17.9 Å². The van der Waals surface area contributed by atoms with Crippen LogP contribution < -0.4 is 5.32 Å². The lowest BCUT2D eigenvalue weighted by Gasteiger charge is -2.38. The normalized spacial score (nSPS) is 25.8. The highest BCUT2D eigenvalue weighted by Gasteiger charge is 2.50. The number of nitrogens with zero attached hydrogens (tertiary/aromatic N) is 6. The van der Waals surface area contributed by atoms with E-state index in [1.807, 2.05) is 0 Å². The molecule has 4 atom stereocenters. The van der Waals surface area contributed by atoms with Gasteiger partial charge in [0.15, 0.2) is 10.8 Å². The van der Waals surface area contributed by atoms with E-state index in [1.165, 1.54) is 30.6 Å². The van der Waals surface area contributed by atoms with E-state index >= 15 is 0 Å². The van der Waals surface area contributed by atoms with Gasteiger partial charge in [-0.05, 0) is 18.6 Å². The summed E-state index contributed by atoms with van der Waals surface area (Å²) in [6, 6.07) is 0.651. The summed E-state index contributed by atoms with van der Waals surface area (Å²) in [5, 5.41) is 15.4. The van der Waals surface area contributed by atoms with Crippen LogP contribution in [0.5, 0.6) is 0 Å². The number of sulfonamides is 1. The lowest BCUT2D eigenvalue weighted by molar-refractivity contribution is -0.140. The van der Waals surface area contributed by atoms with Crippen molar-refractivity contribution in [3.05, 3.63) is 62.5 Å². The summed E-state index contributed by atoms with van der Waals surface area (Å²) in [5.74, 6) is -2.01. The number of esters is 1. The first-order chi connectivity index (χ1) is 21.8. The minimum atomic E-state index is -3.79. The summed E-state index contributed by atoms with van der Waals surface area (Å²) in [4.78, 5) is 53.0. The molecule has 246 valence electrons. The smallest absolute Gasteiger partial charge is 0.338 e. The molecule has 14 nitrogen and oxygen atoms in total. The van der Waals surface area contributed by atoms with Gasteiger partial charge < -0.3 is 25.0 Å². The lowest BCUT2D eigenvalue weighted by Crippen LogP contribution is -2.53. The van der Waals surface area contributed by atoms with Gasteiger partial charge >= 0.3 is 18.0 Å². The van der Waals surface area contributed by atoms with Crippen LogP contribution in [0.4, 0.5) is 9.18 Å². The molecule has 0 spiro atoms. The van der Waals surface area contributed by atoms with Crippen LogP contribution in [0.1, 0.15) is 23.0 Å². The Morgan fingerprint density at radius 2 is 1.98 bits per heavy atom. The Bertz CT molecular complexity index is 1740. The van der Waals surface area contributed by atoms with Gasteiger partial charge in [-0.15, -0.1) is 11.3 Å². The number of nitrogens with one attached hydrogen (secondary N) is 1.